The van der Waals surface area contributed by atoms with Gasteiger partial charge in [0.2, 0.25) is 0 Å². The van der Waals surface area contributed by atoms with Gasteiger partial charge in [-0.05, 0) is 51.1 Å². The van der Waals surface area contributed by atoms with Gasteiger partial charge in [0.05, 0.1) is 17.0 Å². The van der Waals surface area contributed by atoms with Crippen LogP contribution in [0, 0.1) is 20.8 Å². The van der Waals surface area contributed by atoms with Gasteiger partial charge in [0.15, 0.2) is 17.6 Å². The number of aryl methyl sites for hydroxylation is 2. The smallest absolute Gasteiger partial charge is 0.266 e. The summed E-state index contributed by atoms with van der Waals surface area (Å²) in [6, 6.07) is 15.5. The summed E-state index contributed by atoms with van der Waals surface area (Å²) < 4.78 is 41.1. The number of nitrogens with zero attached hydrogens (tertiary/aromatic N) is 1. The highest BCUT2D eigenvalue weighted by Crippen LogP contribution is 2.31. The summed E-state index contributed by atoms with van der Waals surface area (Å²) in [5, 5.41) is 0. The first kappa shape index (κ1) is 21.0. The van der Waals surface area contributed by atoms with Gasteiger partial charge in [-0.15, -0.1) is 0 Å². The first-order chi connectivity index (χ1) is 14.7. The zero-order chi connectivity index (χ0) is 22.2. The van der Waals surface area contributed by atoms with Crippen molar-refractivity contribution in [1.82, 2.24) is 9.29 Å². The highest BCUT2D eigenvalue weighted by Gasteiger charge is 2.25. The minimum atomic E-state index is -3.96. The van der Waals surface area contributed by atoms with E-state index in [-0.39, 0.29) is 11.0 Å². The lowest BCUT2D eigenvalue weighted by atomic mass is 10.2. The summed E-state index contributed by atoms with van der Waals surface area (Å²) >= 11 is 0. The van der Waals surface area contributed by atoms with Crippen molar-refractivity contribution in [3.8, 4) is 11.5 Å². The van der Waals surface area contributed by atoms with Crippen LogP contribution < -0.4 is 14.2 Å². The Morgan fingerprint density at radius 1 is 1.06 bits per heavy atom. The zero-order valence-electron chi connectivity index (χ0n) is 17.6. The van der Waals surface area contributed by atoms with E-state index in [0.29, 0.717) is 35.9 Å². The second-order valence-electron chi connectivity index (χ2n) is 7.64. The van der Waals surface area contributed by atoms with E-state index in [0.717, 1.165) is 11.3 Å². The van der Waals surface area contributed by atoms with Crippen LogP contribution in [0.4, 0.5) is 0 Å². The molecule has 0 spiro atoms. The number of carbonyl (C=O) groups is 1. The highest BCUT2D eigenvalue weighted by molar-refractivity contribution is 7.90. The average Bonchev–Trinajstić information content (AvgIpc) is 3.02. The molecule has 4 rings (SSSR count). The van der Waals surface area contributed by atoms with E-state index >= 15 is 0 Å². The molecular weight excluding hydrogens is 416 g/mol. The maximum atomic E-state index is 12.8. The molecule has 0 unspecified atom stereocenters. The summed E-state index contributed by atoms with van der Waals surface area (Å²) in [6.45, 7) is 6.39. The van der Waals surface area contributed by atoms with Crippen molar-refractivity contribution >= 4 is 15.9 Å². The van der Waals surface area contributed by atoms with Gasteiger partial charge >= 0.3 is 0 Å². The quantitative estimate of drug-likeness (QED) is 0.657. The predicted octanol–water partition coefficient (Wildman–Crippen LogP) is 3.37. The molecule has 31 heavy (non-hydrogen) atoms. The SMILES string of the molecule is Cc1ccc(S(=O)(=O)NC(=O)c2cc(C)n(C[C@@H]3COc4ccccc4O3)c2C)cc1. The lowest BCUT2D eigenvalue weighted by Gasteiger charge is -2.27. The lowest BCUT2D eigenvalue weighted by Crippen LogP contribution is -2.34. The van der Waals surface area contributed by atoms with E-state index in [9.17, 15) is 13.2 Å². The summed E-state index contributed by atoms with van der Waals surface area (Å²) in [6.07, 6.45) is -0.230. The van der Waals surface area contributed by atoms with E-state index in [4.69, 9.17) is 9.47 Å². The number of benzene rings is 2. The van der Waals surface area contributed by atoms with Crippen LogP contribution in [0.3, 0.4) is 0 Å². The van der Waals surface area contributed by atoms with E-state index in [1.54, 1.807) is 25.1 Å². The Labute approximate surface area is 181 Å². The van der Waals surface area contributed by atoms with E-state index < -0.39 is 15.9 Å². The van der Waals surface area contributed by atoms with Crippen LogP contribution in [0.25, 0.3) is 0 Å². The van der Waals surface area contributed by atoms with Crippen LogP contribution in [-0.4, -0.2) is 31.6 Å². The van der Waals surface area contributed by atoms with Crippen LogP contribution in [0.2, 0.25) is 0 Å². The van der Waals surface area contributed by atoms with E-state index in [2.05, 4.69) is 4.72 Å². The maximum Gasteiger partial charge on any atom is 0.266 e. The third kappa shape index (κ3) is 4.29. The largest absolute Gasteiger partial charge is 0.486 e. The minimum Gasteiger partial charge on any atom is -0.486 e. The molecule has 7 nitrogen and oxygen atoms in total. The monoisotopic (exact) mass is 440 g/mol. The molecule has 0 fully saturated rings. The molecule has 1 atom stereocenters. The molecule has 2 heterocycles. The topological polar surface area (TPSA) is 86.6 Å². The molecule has 3 aromatic rings. The lowest BCUT2D eigenvalue weighted by molar-refractivity contribution is 0.0777. The first-order valence-corrected chi connectivity index (χ1v) is 11.4. The standard InChI is InChI=1S/C23H24N2O5S/c1-15-8-10-19(11-9-15)31(27,28)24-23(26)20-12-16(2)25(17(20)3)13-18-14-29-21-6-4-5-7-22(21)30-18/h4-12,18H,13-14H2,1-3H3,(H,24,26)/t18-/m1/s1. The summed E-state index contributed by atoms with van der Waals surface area (Å²) in [7, 11) is -3.96. The summed E-state index contributed by atoms with van der Waals surface area (Å²) in [5.41, 5.74) is 2.74. The second-order valence-corrected chi connectivity index (χ2v) is 9.32. The number of hydrogen-bond donors (Lipinski definition) is 1. The summed E-state index contributed by atoms with van der Waals surface area (Å²) in [5.74, 6) is 0.732. The number of rotatable bonds is 5. The van der Waals surface area contributed by atoms with Crippen LogP contribution in [0.15, 0.2) is 59.5 Å². The van der Waals surface area contributed by atoms with E-state index in [1.807, 2.05) is 42.7 Å². The number of ether oxygens (including phenoxy) is 2. The van der Waals surface area contributed by atoms with Gasteiger partial charge in [-0.3, -0.25) is 4.79 Å². The van der Waals surface area contributed by atoms with Gasteiger partial charge in [0.25, 0.3) is 15.9 Å². The number of amides is 1. The van der Waals surface area contributed by atoms with Crippen molar-refractivity contribution in [1.29, 1.82) is 0 Å². The Balaban J connectivity index is 1.51. The molecule has 1 aliphatic rings. The Morgan fingerprint density at radius 3 is 2.45 bits per heavy atom. The molecule has 0 bridgehead atoms. The average molecular weight is 441 g/mol. The molecule has 1 amide bonds. The van der Waals surface area contributed by atoms with Gasteiger partial charge in [-0.25, -0.2) is 13.1 Å². The predicted molar refractivity (Wildman–Crippen MR) is 116 cm³/mol. The number of sulfonamides is 1. The van der Waals surface area contributed by atoms with Gasteiger partial charge in [-0.1, -0.05) is 29.8 Å². The molecule has 0 aliphatic carbocycles. The minimum absolute atomic E-state index is 0.0478. The Morgan fingerprint density at radius 2 is 1.74 bits per heavy atom. The number of fused-ring (bicyclic) bond motifs is 1. The molecule has 0 radical (unpaired) electrons. The second kappa shape index (κ2) is 8.11. The summed E-state index contributed by atoms with van der Waals surface area (Å²) in [4.78, 5) is 12.8. The third-order valence-corrected chi connectivity index (χ3v) is 6.68. The Kier molecular flexibility index (Phi) is 5.49. The van der Waals surface area contributed by atoms with Crippen molar-refractivity contribution in [2.75, 3.05) is 6.61 Å². The molecule has 1 aromatic heterocycles. The zero-order valence-corrected chi connectivity index (χ0v) is 18.4. The Bertz CT molecular complexity index is 1230. The van der Waals surface area contributed by atoms with Crippen molar-refractivity contribution < 1.29 is 22.7 Å². The number of hydrogen-bond acceptors (Lipinski definition) is 5. The fourth-order valence-corrected chi connectivity index (χ4v) is 4.59. The van der Waals surface area contributed by atoms with Gasteiger partial charge < -0.3 is 14.0 Å². The molecule has 1 N–H and O–H groups in total. The molecule has 162 valence electrons. The molecular formula is C23H24N2O5S. The van der Waals surface area contributed by atoms with Crippen LogP contribution >= 0.6 is 0 Å². The van der Waals surface area contributed by atoms with E-state index in [1.165, 1.54) is 12.1 Å². The maximum absolute atomic E-state index is 12.8. The molecule has 8 heteroatoms. The number of aromatic nitrogens is 1. The van der Waals surface area contributed by atoms with Gasteiger partial charge in [0, 0.05) is 11.4 Å². The number of nitrogens with one attached hydrogen (secondary N) is 1. The highest BCUT2D eigenvalue weighted by atomic mass is 32.2. The van der Waals surface area contributed by atoms with Crippen molar-refractivity contribution in [3.05, 3.63) is 77.1 Å². The molecule has 0 saturated carbocycles. The molecule has 0 saturated heterocycles. The van der Waals surface area contributed by atoms with Crippen LogP contribution in [-0.2, 0) is 16.6 Å². The Hall–Kier alpha value is -3.26. The molecule has 1 aliphatic heterocycles. The molecule has 2 aromatic carbocycles. The normalized spacial score (nSPS) is 15.5. The van der Waals surface area contributed by atoms with Crippen LogP contribution in [0.1, 0.15) is 27.3 Å². The fraction of sp³-hybridized carbons (Fsp3) is 0.261. The van der Waals surface area contributed by atoms with Crippen LogP contribution in [0.5, 0.6) is 11.5 Å². The van der Waals surface area contributed by atoms with Crippen molar-refractivity contribution in [2.45, 2.75) is 38.3 Å². The van der Waals surface area contributed by atoms with Gasteiger partial charge in [0.1, 0.15) is 6.61 Å². The number of para-hydroxylation sites is 2. The van der Waals surface area contributed by atoms with Crippen molar-refractivity contribution in [3.63, 3.8) is 0 Å². The van der Waals surface area contributed by atoms with Gasteiger partial charge in [-0.2, -0.15) is 0 Å². The van der Waals surface area contributed by atoms with Crippen molar-refractivity contribution in [2.24, 2.45) is 0 Å². The third-order valence-electron chi connectivity index (χ3n) is 5.33. The number of carbonyl (C=O) groups excluding carboxylic acids is 1. The fourth-order valence-electron chi connectivity index (χ4n) is 3.62. The first-order valence-electron chi connectivity index (χ1n) is 9.93.